The van der Waals surface area contributed by atoms with Crippen molar-refractivity contribution in [1.29, 1.82) is 0 Å². The van der Waals surface area contributed by atoms with Crippen LogP contribution in [0.4, 0.5) is 0 Å². The minimum Gasteiger partial charge on any atom is -1.00 e. The van der Waals surface area contributed by atoms with Gasteiger partial charge in [0.05, 0.1) is 0 Å². The first-order valence-corrected chi connectivity index (χ1v) is 9.55. The molecule has 1 atom stereocenters. The van der Waals surface area contributed by atoms with Crippen molar-refractivity contribution in [3.8, 4) is 0 Å². The van der Waals surface area contributed by atoms with Crippen LogP contribution in [0.25, 0.3) is 6.08 Å². The molecular weight excluding hydrogens is 490 g/mol. The molecule has 0 fully saturated rings. The van der Waals surface area contributed by atoms with Gasteiger partial charge in [0, 0.05) is 0 Å². The predicted molar refractivity (Wildman–Crippen MR) is 90.0 cm³/mol. The van der Waals surface area contributed by atoms with Crippen LogP contribution in [0.1, 0.15) is 51.8 Å². The third-order valence-corrected chi connectivity index (χ3v) is 4.61. The third kappa shape index (κ3) is 4.38. The minimum absolute atomic E-state index is 0. The maximum absolute atomic E-state index is 2.35. The number of halogens is 2. The molecule has 1 aliphatic carbocycles. The van der Waals surface area contributed by atoms with Crippen molar-refractivity contribution in [1.82, 2.24) is 0 Å². The smallest absolute Gasteiger partial charge is 0.0168 e. The van der Waals surface area contributed by atoms with Crippen molar-refractivity contribution in [3.05, 3.63) is 69.3 Å². The topological polar surface area (TPSA) is 0 Å². The van der Waals surface area contributed by atoms with E-state index in [4.69, 9.17) is 0 Å². The predicted octanol–water partition coefficient (Wildman–Crippen LogP) is -0.839. The first kappa shape index (κ1) is 22.6. The standard InChI is InChI=1S/C18H19.C2H4.2ClH.Hf/c1-11-12(2)14(4)18(13(11)3)17-10-9-15-7-5-6-8-16(15)17;1-2;;;/h5-10,17H,1-4H3;1H,2H3;2*1H;/q-1;;;;+2/p-2. The Morgan fingerprint density at radius 2 is 1.43 bits per heavy atom. The molecule has 3 rings (SSSR count). The quantitative estimate of drug-likeness (QED) is 0.346. The molecule has 2 aromatic carbocycles. The fourth-order valence-electron chi connectivity index (χ4n) is 3.22. The largest absolute Gasteiger partial charge is 1.00 e. The van der Waals surface area contributed by atoms with E-state index in [0.29, 0.717) is 5.92 Å². The summed E-state index contributed by atoms with van der Waals surface area (Å²) in [5.74, 6) is 0.452. The molecule has 0 spiro atoms. The Morgan fingerprint density at radius 3 is 1.96 bits per heavy atom. The van der Waals surface area contributed by atoms with Crippen molar-refractivity contribution >= 4 is 9.83 Å². The van der Waals surface area contributed by atoms with E-state index in [9.17, 15) is 0 Å². The van der Waals surface area contributed by atoms with E-state index in [1.165, 1.54) is 62.8 Å². The summed E-state index contributed by atoms with van der Waals surface area (Å²) in [6, 6.07) is 8.73. The molecule has 0 aromatic heterocycles. The molecule has 0 aliphatic heterocycles. The van der Waals surface area contributed by atoms with Crippen molar-refractivity contribution in [2.75, 3.05) is 0 Å². The van der Waals surface area contributed by atoms with Crippen LogP contribution in [0.5, 0.6) is 0 Å². The molecule has 0 saturated heterocycles. The SMILES string of the molecule is C[CH]=[Hf+2].Cc1c(C)c(C)[c-](C2C=Cc3ccccc32)c1C.[Cl-].[Cl-]. The van der Waals surface area contributed by atoms with E-state index in [-0.39, 0.29) is 24.8 Å². The summed E-state index contributed by atoms with van der Waals surface area (Å²) >= 11 is 1.24. The van der Waals surface area contributed by atoms with Crippen LogP contribution in [0.15, 0.2) is 30.3 Å². The number of hydrogen-bond donors (Lipinski definition) is 0. The van der Waals surface area contributed by atoms with Gasteiger partial charge in [0.15, 0.2) is 0 Å². The van der Waals surface area contributed by atoms with E-state index < -0.39 is 0 Å². The van der Waals surface area contributed by atoms with E-state index in [1.54, 1.807) is 0 Å². The summed E-state index contributed by atoms with van der Waals surface area (Å²) in [5.41, 5.74) is 10.2. The summed E-state index contributed by atoms with van der Waals surface area (Å²) in [4.78, 5) is 0. The van der Waals surface area contributed by atoms with Crippen LogP contribution in [0.2, 0.25) is 0 Å². The van der Waals surface area contributed by atoms with Gasteiger partial charge in [-0.1, -0.05) is 64.1 Å². The van der Waals surface area contributed by atoms with Crippen LogP contribution in [0.3, 0.4) is 0 Å². The Balaban J connectivity index is 0.000000902. The van der Waals surface area contributed by atoms with Gasteiger partial charge >= 0.3 is 34.6 Å². The molecule has 0 heterocycles. The summed E-state index contributed by atoms with van der Waals surface area (Å²) in [7, 11) is 0. The first-order chi connectivity index (χ1) is 10.0. The van der Waals surface area contributed by atoms with Crippen molar-refractivity contribution in [2.24, 2.45) is 0 Å². The Bertz CT molecular complexity index is 670. The Morgan fingerprint density at radius 1 is 0.957 bits per heavy atom. The molecular formula is C20H23Cl2Hf-. The minimum atomic E-state index is 0. The molecule has 0 saturated carbocycles. The van der Waals surface area contributed by atoms with E-state index in [0.717, 1.165) is 0 Å². The number of rotatable bonds is 1. The molecule has 1 aliphatic rings. The van der Waals surface area contributed by atoms with Gasteiger partial charge in [-0.3, -0.25) is 0 Å². The second kappa shape index (κ2) is 9.81. The molecule has 0 amide bonds. The maximum Gasteiger partial charge on any atom is -0.0168 e. The van der Waals surface area contributed by atoms with Crippen molar-refractivity contribution in [2.45, 2.75) is 40.5 Å². The molecule has 0 N–H and O–H groups in total. The zero-order valence-electron chi connectivity index (χ0n) is 14.4. The van der Waals surface area contributed by atoms with Gasteiger partial charge in [0.25, 0.3) is 0 Å². The van der Waals surface area contributed by atoms with Gasteiger partial charge in [0.1, 0.15) is 0 Å². The zero-order chi connectivity index (χ0) is 15.6. The van der Waals surface area contributed by atoms with Gasteiger partial charge in [-0.2, -0.15) is 22.3 Å². The second-order valence-corrected chi connectivity index (χ2v) is 7.74. The van der Waals surface area contributed by atoms with E-state index in [1.807, 2.05) is 0 Å². The summed E-state index contributed by atoms with van der Waals surface area (Å²) in [6.45, 7) is 11.1. The Kier molecular flexibility index (Phi) is 9.65. The summed E-state index contributed by atoms with van der Waals surface area (Å²) in [6.07, 6.45) is 4.61. The maximum atomic E-state index is 2.35. The fraction of sp³-hybridized carbons (Fsp3) is 0.300. The number of benzene rings is 1. The normalized spacial score (nSPS) is 14.1. The number of fused-ring (bicyclic) bond motifs is 1. The molecule has 23 heavy (non-hydrogen) atoms. The van der Waals surface area contributed by atoms with E-state index >= 15 is 0 Å². The fourth-order valence-corrected chi connectivity index (χ4v) is 3.22. The average Bonchev–Trinajstić information content (AvgIpc) is 2.97. The zero-order valence-corrected chi connectivity index (χ0v) is 19.5. The van der Waals surface area contributed by atoms with Crippen LogP contribution in [-0.2, 0) is 23.9 Å². The molecule has 0 bridgehead atoms. The Hall–Kier alpha value is -0.370. The monoisotopic (exact) mass is 513 g/mol. The van der Waals surface area contributed by atoms with Gasteiger partial charge in [-0.25, -0.2) is 0 Å². The third-order valence-electron chi connectivity index (χ3n) is 4.61. The molecule has 2 aromatic rings. The van der Waals surface area contributed by atoms with Crippen LogP contribution >= 0.6 is 0 Å². The summed E-state index contributed by atoms with van der Waals surface area (Å²) < 4.78 is 2.14. The van der Waals surface area contributed by atoms with Crippen molar-refractivity contribution < 1.29 is 48.7 Å². The van der Waals surface area contributed by atoms with Gasteiger partial charge in [-0.15, -0.1) is 5.56 Å². The number of allylic oxidation sites excluding steroid dienone is 1. The van der Waals surface area contributed by atoms with E-state index in [2.05, 4.69) is 74.8 Å². The molecule has 1 unspecified atom stereocenters. The molecule has 0 radical (unpaired) electrons. The Labute approximate surface area is 167 Å². The van der Waals surface area contributed by atoms with Crippen LogP contribution < -0.4 is 24.8 Å². The first-order valence-electron chi connectivity index (χ1n) is 7.48. The van der Waals surface area contributed by atoms with Crippen LogP contribution in [-0.4, -0.2) is 3.76 Å². The molecule has 3 heteroatoms. The van der Waals surface area contributed by atoms with Gasteiger partial charge in [-0.05, 0) is 17.0 Å². The second-order valence-electron chi connectivity index (χ2n) is 5.67. The van der Waals surface area contributed by atoms with Crippen LogP contribution in [0, 0.1) is 27.7 Å². The van der Waals surface area contributed by atoms with Gasteiger partial charge < -0.3 is 24.8 Å². The van der Waals surface area contributed by atoms with Crippen molar-refractivity contribution in [3.63, 3.8) is 0 Å². The van der Waals surface area contributed by atoms with Gasteiger partial charge in [0.2, 0.25) is 0 Å². The summed E-state index contributed by atoms with van der Waals surface area (Å²) in [5, 5.41) is 0. The number of hydrogen-bond acceptors (Lipinski definition) is 0. The average molecular weight is 513 g/mol. The molecule has 0 nitrogen and oxygen atoms in total. The molecule has 122 valence electrons.